The molecule has 2 N–H and O–H groups in total. The molecule has 2 rings (SSSR count). The van der Waals surface area contributed by atoms with Crippen LogP contribution in [0.3, 0.4) is 0 Å². The van der Waals surface area contributed by atoms with Crippen molar-refractivity contribution < 1.29 is 4.39 Å². The van der Waals surface area contributed by atoms with Gasteiger partial charge in [-0.3, -0.25) is 0 Å². The maximum atomic E-state index is 13.2. The first-order valence-corrected chi connectivity index (χ1v) is 5.32. The molecule has 0 saturated carbocycles. The zero-order valence-corrected chi connectivity index (χ0v) is 9.19. The van der Waals surface area contributed by atoms with Crippen LogP contribution >= 0.6 is 22.6 Å². The third-order valence-corrected chi connectivity index (χ3v) is 2.87. The molecule has 0 radical (unpaired) electrons. The molecule has 0 aliphatic carbocycles. The summed E-state index contributed by atoms with van der Waals surface area (Å²) in [6.45, 7) is 1.85. The molecule has 0 atom stereocenters. The molecular weight excluding hydrogens is 282 g/mol. The van der Waals surface area contributed by atoms with E-state index in [2.05, 4.69) is 10.6 Å². The van der Waals surface area contributed by atoms with Gasteiger partial charge in [-0.1, -0.05) is 0 Å². The quantitative estimate of drug-likeness (QED) is 0.718. The minimum atomic E-state index is -0.157. The Morgan fingerprint density at radius 2 is 1.77 bits per heavy atom. The largest absolute Gasteiger partial charge is 0.383 e. The van der Waals surface area contributed by atoms with E-state index in [0.717, 1.165) is 30.9 Å². The Morgan fingerprint density at radius 1 is 1.15 bits per heavy atom. The molecule has 0 unspecified atom stereocenters. The highest BCUT2D eigenvalue weighted by atomic mass is 127. The van der Waals surface area contributed by atoms with E-state index in [0.29, 0.717) is 3.57 Å². The lowest BCUT2D eigenvalue weighted by Crippen LogP contribution is -2.01. The van der Waals surface area contributed by atoms with Crippen LogP contribution < -0.4 is 10.6 Å². The van der Waals surface area contributed by atoms with Gasteiger partial charge >= 0.3 is 0 Å². The van der Waals surface area contributed by atoms with Gasteiger partial charge in [0.15, 0.2) is 0 Å². The lowest BCUT2D eigenvalue weighted by atomic mass is 10.2. The van der Waals surface area contributed by atoms with Crippen LogP contribution in [0, 0.1) is 9.39 Å². The molecule has 70 valence electrons. The summed E-state index contributed by atoms with van der Waals surface area (Å²) in [5, 5.41) is 6.45. The molecule has 0 saturated heterocycles. The van der Waals surface area contributed by atoms with Gasteiger partial charge in [0.1, 0.15) is 5.82 Å². The maximum absolute atomic E-state index is 13.2. The molecule has 0 spiro atoms. The van der Waals surface area contributed by atoms with Gasteiger partial charge in [-0.2, -0.15) is 0 Å². The normalized spacial score (nSPS) is 15.2. The van der Waals surface area contributed by atoms with E-state index in [1.165, 1.54) is 0 Å². The lowest BCUT2D eigenvalue weighted by Gasteiger charge is -2.09. The molecule has 1 aromatic carbocycles. The monoisotopic (exact) mass is 292 g/mol. The smallest absolute Gasteiger partial charge is 0.138 e. The Balaban J connectivity index is 2.43. The predicted molar refractivity (Wildman–Crippen MR) is 60.7 cm³/mol. The zero-order chi connectivity index (χ0) is 9.26. The summed E-state index contributed by atoms with van der Waals surface area (Å²) in [7, 11) is 0. The summed E-state index contributed by atoms with van der Waals surface area (Å²) in [4.78, 5) is 0. The van der Waals surface area contributed by atoms with Crippen LogP contribution in [-0.4, -0.2) is 13.1 Å². The Bertz CT molecular complexity index is 297. The highest BCUT2D eigenvalue weighted by molar-refractivity contribution is 14.1. The molecule has 0 fully saturated rings. The molecule has 1 aliphatic rings. The minimum absolute atomic E-state index is 0.157. The minimum Gasteiger partial charge on any atom is -0.383 e. The van der Waals surface area contributed by atoms with Crippen molar-refractivity contribution in [3.05, 3.63) is 21.5 Å². The van der Waals surface area contributed by atoms with E-state index >= 15 is 0 Å². The van der Waals surface area contributed by atoms with E-state index in [9.17, 15) is 4.39 Å². The zero-order valence-electron chi connectivity index (χ0n) is 7.03. The summed E-state index contributed by atoms with van der Waals surface area (Å²) in [6, 6.07) is 3.39. The second kappa shape index (κ2) is 3.69. The first kappa shape index (κ1) is 9.05. The van der Waals surface area contributed by atoms with Gasteiger partial charge in [-0.25, -0.2) is 4.39 Å². The van der Waals surface area contributed by atoms with Crippen molar-refractivity contribution in [2.75, 3.05) is 23.7 Å². The van der Waals surface area contributed by atoms with Gasteiger partial charge in [-0.05, 0) is 35.1 Å². The van der Waals surface area contributed by atoms with E-state index in [-0.39, 0.29) is 5.82 Å². The van der Waals surface area contributed by atoms with Gasteiger partial charge in [-0.15, -0.1) is 0 Å². The third-order valence-electron chi connectivity index (χ3n) is 2.04. The first-order valence-electron chi connectivity index (χ1n) is 4.24. The van der Waals surface area contributed by atoms with Crippen molar-refractivity contribution >= 4 is 34.0 Å². The fourth-order valence-corrected chi connectivity index (χ4v) is 1.84. The van der Waals surface area contributed by atoms with E-state index < -0.39 is 0 Å². The Kier molecular flexibility index (Phi) is 2.57. The molecule has 1 aliphatic heterocycles. The molecule has 0 aromatic heterocycles. The lowest BCUT2D eigenvalue weighted by molar-refractivity contribution is 0.621. The topological polar surface area (TPSA) is 24.1 Å². The average molecular weight is 292 g/mol. The molecule has 2 nitrogen and oxygen atoms in total. The van der Waals surface area contributed by atoms with Crippen LogP contribution in [0.2, 0.25) is 0 Å². The number of halogens is 2. The molecule has 4 heteroatoms. The van der Waals surface area contributed by atoms with Crippen LogP contribution in [0.4, 0.5) is 15.8 Å². The van der Waals surface area contributed by atoms with Crippen LogP contribution in [0.25, 0.3) is 0 Å². The standard InChI is InChI=1S/C9H10FIN2/c10-6-4-8-9(5-7(6)11)13-3-1-2-12-8/h4-5,12-13H,1-3H2. The van der Waals surface area contributed by atoms with E-state index in [1.54, 1.807) is 6.07 Å². The SMILES string of the molecule is Fc1cc2c(cc1I)NCCCN2. The number of benzene rings is 1. The summed E-state index contributed by atoms with van der Waals surface area (Å²) >= 11 is 2.00. The van der Waals surface area contributed by atoms with Crippen LogP contribution in [0.1, 0.15) is 6.42 Å². The van der Waals surface area contributed by atoms with Crippen molar-refractivity contribution in [3.63, 3.8) is 0 Å². The Hall–Kier alpha value is -0.520. The summed E-state index contributed by atoms with van der Waals surface area (Å²) in [6.07, 6.45) is 1.06. The van der Waals surface area contributed by atoms with Crippen molar-refractivity contribution in [1.82, 2.24) is 0 Å². The third kappa shape index (κ3) is 1.87. The highest BCUT2D eigenvalue weighted by Gasteiger charge is 2.09. The van der Waals surface area contributed by atoms with E-state index in [4.69, 9.17) is 0 Å². The molecule has 1 heterocycles. The molecule has 0 amide bonds. The number of hydrogen-bond acceptors (Lipinski definition) is 2. The number of fused-ring (bicyclic) bond motifs is 1. The van der Waals surface area contributed by atoms with Gasteiger partial charge in [0.25, 0.3) is 0 Å². The number of anilines is 2. The number of rotatable bonds is 0. The second-order valence-corrected chi connectivity index (χ2v) is 4.18. The van der Waals surface area contributed by atoms with Gasteiger partial charge < -0.3 is 10.6 Å². The van der Waals surface area contributed by atoms with Crippen molar-refractivity contribution in [1.29, 1.82) is 0 Å². The summed E-state index contributed by atoms with van der Waals surface area (Å²) in [5.41, 5.74) is 1.87. The second-order valence-electron chi connectivity index (χ2n) is 3.02. The summed E-state index contributed by atoms with van der Waals surface area (Å²) < 4.78 is 13.8. The van der Waals surface area contributed by atoms with Gasteiger partial charge in [0.05, 0.1) is 14.9 Å². The van der Waals surface area contributed by atoms with Crippen LogP contribution in [-0.2, 0) is 0 Å². The highest BCUT2D eigenvalue weighted by Crippen LogP contribution is 2.27. The Morgan fingerprint density at radius 3 is 2.46 bits per heavy atom. The molecule has 1 aromatic rings. The fourth-order valence-electron chi connectivity index (χ4n) is 1.37. The molecule has 0 bridgehead atoms. The molecule has 13 heavy (non-hydrogen) atoms. The van der Waals surface area contributed by atoms with Crippen LogP contribution in [0.15, 0.2) is 12.1 Å². The summed E-state index contributed by atoms with van der Waals surface area (Å²) in [5.74, 6) is -0.157. The van der Waals surface area contributed by atoms with Gasteiger partial charge in [0.2, 0.25) is 0 Å². The first-order chi connectivity index (χ1) is 6.27. The molecular formula is C9H10FIN2. The number of hydrogen-bond donors (Lipinski definition) is 2. The van der Waals surface area contributed by atoms with Crippen LogP contribution in [0.5, 0.6) is 0 Å². The van der Waals surface area contributed by atoms with Crippen molar-refractivity contribution in [2.45, 2.75) is 6.42 Å². The Labute approximate surface area is 90.0 Å². The van der Waals surface area contributed by atoms with E-state index in [1.807, 2.05) is 28.7 Å². The maximum Gasteiger partial charge on any atom is 0.138 e. The van der Waals surface area contributed by atoms with Crippen molar-refractivity contribution in [2.24, 2.45) is 0 Å². The average Bonchev–Trinajstić information content (AvgIpc) is 2.31. The van der Waals surface area contributed by atoms with Gasteiger partial charge in [0, 0.05) is 19.2 Å². The number of nitrogens with one attached hydrogen (secondary N) is 2. The van der Waals surface area contributed by atoms with Crippen molar-refractivity contribution in [3.8, 4) is 0 Å². The predicted octanol–water partition coefficient (Wildman–Crippen LogP) is 2.66. The fraction of sp³-hybridized carbons (Fsp3) is 0.333.